The molecule has 0 aliphatic rings. The summed E-state index contributed by atoms with van der Waals surface area (Å²) in [5.74, 6) is 0. The van der Waals surface area contributed by atoms with E-state index in [-0.39, 0.29) is 13.1 Å². The second kappa shape index (κ2) is 5.75. The summed E-state index contributed by atoms with van der Waals surface area (Å²) in [6, 6.07) is 11.2. The molecule has 0 aliphatic carbocycles. The minimum absolute atomic E-state index is 0.182. The van der Waals surface area contributed by atoms with Crippen molar-refractivity contribution in [3.05, 3.63) is 29.8 Å². The summed E-state index contributed by atoms with van der Waals surface area (Å²) in [5.41, 5.74) is 1.63. The largest absolute Gasteiger partial charge is 0.389 e. The maximum atomic E-state index is 9.34. The monoisotopic (exact) mass is 215 g/mol. The average Bonchev–Trinajstić information content (AvgIpc) is 2.29. The number of aliphatic hydroxyl groups excluding tert-OH is 1. The number of rotatable bonds is 4. The third kappa shape index (κ3) is 2.98. The molecule has 0 saturated heterocycles. The molecule has 0 aromatic heterocycles. The highest BCUT2D eigenvalue weighted by Gasteiger charge is 2.06. The van der Waals surface area contributed by atoms with Gasteiger partial charge in [0.1, 0.15) is 13.1 Å². The molecule has 1 aromatic carbocycles. The Kier molecular flexibility index (Phi) is 4.32. The first kappa shape index (κ1) is 12.0. The van der Waals surface area contributed by atoms with Gasteiger partial charge in [-0.3, -0.25) is 0 Å². The van der Waals surface area contributed by atoms with E-state index in [0.717, 1.165) is 11.3 Å². The molecule has 0 radical (unpaired) electrons. The van der Waals surface area contributed by atoms with Crippen molar-refractivity contribution in [2.75, 3.05) is 18.0 Å². The van der Waals surface area contributed by atoms with Crippen LogP contribution < -0.4 is 4.90 Å². The number of nitrogens with zero attached hydrogens (tertiary/aromatic N) is 3. The molecule has 0 fully saturated rings. The van der Waals surface area contributed by atoms with E-state index in [4.69, 9.17) is 10.5 Å². The minimum Gasteiger partial charge on any atom is -0.389 e. The van der Waals surface area contributed by atoms with Crippen LogP contribution >= 0.6 is 0 Å². The van der Waals surface area contributed by atoms with Crippen molar-refractivity contribution in [2.24, 2.45) is 0 Å². The molecular formula is C12H13N3O. The number of aliphatic hydroxyl groups is 1. The smallest absolute Gasteiger partial charge is 0.106 e. The molecule has 1 aromatic rings. The first-order valence-corrected chi connectivity index (χ1v) is 4.96. The Morgan fingerprint density at radius 1 is 1.19 bits per heavy atom. The van der Waals surface area contributed by atoms with Gasteiger partial charge in [0.15, 0.2) is 0 Å². The van der Waals surface area contributed by atoms with Gasteiger partial charge in [-0.15, -0.1) is 0 Å². The summed E-state index contributed by atoms with van der Waals surface area (Å²) in [6.45, 7) is 2.06. The molecule has 82 valence electrons. The van der Waals surface area contributed by atoms with Crippen molar-refractivity contribution >= 4 is 5.69 Å². The number of hydrogen-bond acceptors (Lipinski definition) is 4. The van der Waals surface area contributed by atoms with Crippen LogP contribution in [0.25, 0.3) is 0 Å². The van der Waals surface area contributed by atoms with E-state index >= 15 is 0 Å². The van der Waals surface area contributed by atoms with Gasteiger partial charge in [0.25, 0.3) is 0 Å². The van der Waals surface area contributed by atoms with Crippen LogP contribution in [0.5, 0.6) is 0 Å². The maximum Gasteiger partial charge on any atom is 0.106 e. The summed E-state index contributed by atoms with van der Waals surface area (Å²) < 4.78 is 0. The van der Waals surface area contributed by atoms with Crippen LogP contribution in [0.1, 0.15) is 18.6 Å². The fraction of sp³-hybridized carbons (Fsp3) is 0.333. The zero-order chi connectivity index (χ0) is 12.0. The third-order valence-corrected chi connectivity index (χ3v) is 2.26. The fourth-order valence-corrected chi connectivity index (χ4v) is 1.37. The lowest BCUT2D eigenvalue weighted by molar-refractivity contribution is 0.199. The number of anilines is 1. The zero-order valence-corrected chi connectivity index (χ0v) is 9.09. The van der Waals surface area contributed by atoms with Gasteiger partial charge in [-0.1, -0.05) is 12.1 Å². The topological polar surface area (TPSA) is 71.0 Å². The molecule has 0 amide bonds. The van der Waals surface area contributed by atoms with E-state index in [0.29, 0.717) is 0 Å². The first-order valence-electron chi connectivity index (χ1n) is 4.96. The van der Waals surface area contributed by atoms with Gasteiger partial charge in [-0.25, -0.2) is 0 Å². The molecule has 4 nitrogen and oxygen atoms in total. The highest BCUT2D eigenvalue weighted by molar-refractivity contribution is 5.49. The molecule has 1 unspecified atom stereocenters. The summed E-state index contributed by atoms with van der Waals surface area (Å²) in [7, 11) is 0. The number of hydrogen-bond donors (Lipinski definition) is 1. The van der Waals surface area contributed by atoms with Gasteiger partial charge in [-0.2, -0.15) is 10.5 Å². The van der Waals surface area contributed by atoms with Crippen molar-refractivity contribution in [3.63, 3.8) is 0 Å². The van der Waals surface area contributed by atoms with Crippen LogP contribution in [-0.2, 0) is 0 Å². The van der Waals surface area contributed by atoms with Crippen LogP contribution in [0.3, 0.4) is 0 Å². The van der Waals surface area contributed by atoms with Crippen LogP contribution in [0.15, 0.2) is 24.3 Å². The van der Waals surface area contributed by atoms with Crippen molar-refractivity contribution in [3.8, 4) is 12.1 Å². The molecule has 0 spiro atoms. The third-order valence-electron chi connectivity index (χ3n) is 2.26. The molecule has 1 N–H and O–H groups in total. The predicted molar refractivity (Wildman–Crippen MR) is 60.5 cm³/mol. The number of benzene rings is 1. The van der Waals surface area contributed by atoms with E-state index < -0.39 is 6.10 Å². The Balaban J connectivity index is 2.86. The maximum absolute atomic E-state index is 9.34. The quantitative estimate of drug-likeness (QED) is 0.774. The highest BCUT2D eigenvalue weighted by Crippen LogP contribution is 2.18. The van der Waals surface area contributed by atoms with E-state index in [1.165, 1.54) is 0 Å². The second-order valence-corrected chi connectivity index (χ2v) is 3.44. The van der Waals surface area contributed by atoms with Crippen LogP contribution in [-0.4, -0.2) is 18.2 Å². The van der Waals surface area contributed by atoms with Crippen molar-refractivity contribution in [1.29, 1.82) is 10.5 Å². The molecule has 0 saturated carbocycles. The first-order chi connectivity index (χ1) is 7.69. The van der Waals surface area contributed by atoms with E-state index in [2.05, 4.69) is 0 Å². The summed E-state index contributed by atoms with van der Waals surface area (Å²) in [6.07, 6.45) is -0.505. The van der Waals surface area contributed by atoms with E-state index in [1.54, 1.807) is 36.1 Å². The van der Waals surface area contributed by atoms with Crippen LogP contribution in [0, 0.1) is 22.7 Å². The van der Waals surface area contributed by atoms with Gasteiger partial charge in [-0.05, 0) is 24.6 Å². The molecule has 1 rings (SSSR count). The molecule has 0 aliphatic heterocycles. The zero-order valence-electron chi connectivity index (χ0n) is 9.09. The Morgan fingerprint density at radius 3 is 2.06 bits per heavy atom. The van der Waals surface area contributed by atoms with Crippen molar-refractivity contribution in [1.82, 2.24) is 0 Å². The lowest BCUT2D eigenvalue weighted by atomic mass is 10.1. The Bertz CT molecular complexity index is 395. The van der Waals surface area contributed by atoms with Gasteiger partial charge in [0, 0.05) is 5.69 Å². The predicted octanol–water partition coefficient (Wildman–Crippen LogP) is 1.59. The molecular weight excluding hydrogens is 202 g/mol. The fourth-order valence-electron chi connectivity index (χ4n) is 1.37. The van der Waals surface area contributed by atoms with Gasteiger partial charge < -0.3 is 10.0 Å². The molecule has 4 heteroatoms. The summed E-state index contributed by atoms with van der Waals surface area (Å²) >= 11 is 0. The summed E-state index contributed by atoms with van der Waals surface area (Å²) in [4.78, 5) is 1.67. The second-order valence-electron chi connectivity index (χ2n) is 3.44. The van der Waals surface area contributed by atoms with Gasteiger partial charge >= 0.3 is 0 Å². The number of nitriles is 2. The minimum atomic E-state index is -0.505. The van der Waals surface area contributed by atoms with Crippen LogP contribution in [0.2, 0.25) is 0 Å². The SMILES string of the molecule is CC(O)c1ccc(N(CC#N)CC#N)cc1. The molecule has 16 heavy (non-hydrogen) atoms. The highest BCUT2D eigenvalue weighted by atomic mass is 16.3. The van der Waals surface area contributed by atoms with Crippen molar-refractivity contribution < 1.29 is 5.11 Å². The Labute approximate surface area is 95.0 Å². The standard InChI is InChI=1S/C12H13N3O/c1-10(16)11-2-4-12(5-3-11)15(8-6-13)9-7-14/h2-5,10,16H,8-9H2,1H3. The van der Waals surface area contributed by atoms with E-state index in [1.807, 2.05) is 12.1 Å². The van der Waals surface area contributed by atoms with Gasteiger partial charge in [0.05, 0.1) is 18.2 Å². The lowest BCUT2D eigenvalue weighted by Gasteiger charge is -2.18. The average molecular weight is 215 g/mol. The molecule has 0 heterocycles. The summed E-state index contributed by atoms with van der Waals surface area (Å²) in [5, 5.41) is 26.6. The molecule has 1 atom stereocenters. The molecule has 0 bridgehead atoms. The Morgan fingerprint density at radius 2 is 1.69 bits per heavy atom. The van der Waals surface area contributed by atoms with Crippen molar-refractivity contribution in [2.45, 2.75) is 13.0 Å². The van der Waals surface area contributed by atoms with Gasteiger partial charge in [0.2, 0.25) is 0 Å². The van der Waals surface area contributed by atoms with Crippen LogP contribution in [0.4, 0.5) is 5.69 Å². The lowest BCUT2D eigenvalue weighted by Crippen LogP contribution is -2.23. The van der Waals surface area contributed by atoms with E-state index in [9.17, 15) is 5.11 Å². The normalized spacial score (nSPS) is 11.2. The Hall–Kier alpha value is -2.04.